The maximum Gasteiger partial charge on any atom is 0.279 e. The minimum Gasteiger partial charge on any atom is -0.320 e. The van der Waals surface area contributed by atoms with Gasteiger partial charge in [0.2, 0.25) is 0 Å². The molecule has 0 heterocycles. The van der Waals surface area contributed by atoms with Crippen LogP contribution in [0.25, 0.3) is 0 Å². The molecule has 7 heteroatoms. The van der Waals surface area contributed by atoms with Crippen molar-refractivity contribution in [2.75, 3.05) is 54.4 Å². The van der Waals surface area contributed by atoms with E-state index in [4.69, 9.17) is 0 Å². The minimum absolute atomic E-state index is 0.483. The van der Waals surface area contributed by atoms with Crippen LogP contribution in [0.4, 0.5) is 0 Å². The lowest BCUT2D eigenvalue weighted by atomic mass is 10.4. The molecule has 104 valence electrons. The van der Waals surface area contributed by atoms with Crippen molar-refractivity contribution in [3.8, 4) is 0 Å². The quantitative estimate of drug-likeness (QED) is 0.514. The third-order valence-corrected chi connectivity index (χ3v) is 3.95. The van der Waals surface area contributed by atoms with Crippen LogP contribution in [0, 0.1) is 0 Å². The lowest BCUT2D eigenvalue weighted by Crippen LogP contribution is -2.40. The fourth-order valence-electron chi connectivity index (χ4n) is 1.31. The van der Waals surface area contributed by atoms with Crippen LogP contribution >= 0.6 is 0 Å². The molecule has 0 fully saturated rings. The van der Waals surface area contributed by atoms with Gasteiger partial charge in [0.1, 0.15) is 0 Å². The van der Waals surface area contributed by atoms with E-state index in [0.29, 0.717) is 13.1 Å². The molecule has 0 spiro atoms. The molecule has 0 aromatic rings. The van der Waals surface area contributed by atoms with Crippen molar-refractivity contribution < 1.29 is 8.42 Å². The molecule has 6 nitrogen and oxygen atoms in total. The summed E-state index contributed by atoms with van der Waals surface area (Å²) in [7, 11) is 4.10. The lowest BCUT2D eigenvalue weighted by molar-refractivity contribution is 0.396. The topological polar surface area (TPSA) is 64.7 Å². The van der Waals surface area contributed by atoms with Gasteiger partial charge in [0.05, 0.1) is 0 Å². The van der Waals surface area contributed by atoms with Crippen molar-refractivity contribution in [3.05, 3.63) is 0 Å². The summed E-state index contributed by atoms with van der Waals surface area (Å²) in [5.74, 6) is 0. The zero-order valence-electron chi connectivity index (χ0n) is 11.4. The summed E-state index contributed by atoms with van der Waals surface area (Å²) < 4.78 is 27.5. The Morgan fingerprint density at radius 1 is 1.00 bits per heavy atom. The summed E-state index contributed by atoms with van der Waals surface area (Å²) in [4.78, 5) is 2.03. The van der Waals surface area contributed by atoms with Crippen LogP contribution in [-0.2, 0) is 10.2 Å². The molecule has 0 unspecified atom stereocenters. The molecule has 0 saturated heterocycles. The molecule has 2 N–H and O–H groups in total. The summed E-state index contributed by atoms with van der Waals surface area (Å²) in [5.41, 5.74) is 0. The van der Waals surface area contributed by atoms with Gasteiger partial charge in [-0.3, -0.25) is 0 Å². The Bertz CT molecular complexity index is 280. The zero-order chi connectivity index (χ0) is 13.3. The van der Waals surface area contributed by atoms with E-state index in [1.807, 2.05) is 26.0 Å². The van der Waals surface area contributed by atoms with Crippen molar-refractivity contribution in [1.82, 2.24) is 19.2 Å². The monoisotopic (exact) mass is 266 g/mol. The van der Waals surface area contributed by atoms with Crippen LogP contribution < -0.4 is 10.0 Å². The maximum absolute atomic E-state index is 11.8. The Labute approximate surface area is 106 Å². The van der Waals surface area contributed by atoms with E-state index in [1.54, 1.807) is 7.05 Å². The van der Waals surface area contributed by atoms with Gasteiger partial charge in [-0.2, -0.15) is 12.7 Å². The molecule has 0 saturated carbocycles. The number of hydrogen-bond donors (Lipinski definition) is 2. The van der Waals surface area contributed by atoms with Gasteiger partial charge in [-0.1, -0.05) is 0 Å². The van der Waals surface area contributed by atoms with E-state index in [0.717, 1.165) is 25.9 Å². The summed E-state index contributed by atoms with van der Waals surface area (Å²) in [6.07, 6.45) is 1.63. The van der Waals surface area contributed by atoms with E-state index in [2.05, 4.69) is 10.0 Å². The molecule has 0 amide bonds. The molecule has 17 heavy (non-hydrogen) atoms. The molecule has 0 aliphatic heterocycles. The van der Waals surface area contributed by atoms with E-state index in [-0.39, 0.29) is 0 Å². The first-order valence-electron chi connectivity index (χ1n) is 5.90. The molecular weight excluding hydrogens is 240 g/mol. The molecule has 0 aliphatic carbocycles. The van der Waals surface area contributed by atoms with Gasteiger partial charge in [0.25, 0.3) is 10.2 Å². The molecule has 0 aromatic carbocycles. The third-order valence-electron chi connectivity index (χ3n) is 2.38. The highest BCUT2D eigenvalue weighted by molar-refractivity contribution is 7.87. The fourth-order valence-corrected chi connectivity index (χ4v) is 2.30. The van der Waals surface area contributed by atoms with Crippen LogP contribution in [0.3, 0.4) is 0 Å². The Kier molecular flexibility index (Phi) is 8.71. The fraction of sp³-hybridized carbons (Fsp3) is 1.00. The molecular formula is C10H26N4O2S. The van der Waals surface area contributed by atoms with Crippen molar-refractivity contribution in [1.29, 1.82) is 0 Å². The Hall–Kier alpha value is -0.210. The smallest absolute Gasteiger partial charge is 0.279 e. The predicted octanol–water partition coefficient (Wildman–Crippen LogP) is -0.686. The summed E-state index contributed by atoms with van der Waals surface area (Å²) >= 11 is 0. The number of nitrogens with one attached hydrogen (secondary N) is 2. The van der Waals surface area contributed by atoms with Crippen molar-refractivity contribution in [3.63, 3.8) is 0 Å². The van der Waals surface area contributed by atoms with Crippen molar-refractivity contribution in [2.45, 2.75) is 12.8 Å². The highest BCUT2D eigenvalue weighted by Crippen LogP contribution is 1.95. The van der Waals surface area contributed by atoms with Gasteiger partial charge in [-0.15, -0.1) is 0 Å². The average molecular weight is 266 g/mol. The molecule has 0 radical (unpaired) electrons. The second-order valence-corrected chi connectivity index (χ2v) is 6.20. The summed E-state index contributed by atoms with van der Waals surface area (Å²) in [6.45, 7) is 2.72. The lowest BCUT2D eigenvalue weighted by Gasteiger charge is -2.18. The first kappa shape index (κ1) is 16.8. The highest BCUT2D eigenvalue weighted by atomic mass is 32.2. The first-order chi connectivity index (χ1) is 7.90. The molecule has 0 aliphatic rings. The number of rotatable bonds is 10. The molecule has 0 aromatic heterocycles. The number of hydrogen-bond acceptors (Lipinski definition) is 4. The van der Waals surface area contributed by atoms with Crippen LogP contribution in [-0.4, -0.2) is 72.0 Å². The van der Waals surface area contributed by atoms with Gasteiger partial charge in [-0.25, -0.2) is 4.72 Å². The highest BCUT2D eigenvalue weighted by Gasteiger charge is 2.15. The predicted molar refractivity (Wildman–Crippen MR) is 71.3 cm³/mol. The second kappa shape index (κ2) is 8.82. The summed E-state index contributed by atoms with van der Waals surface area (Å²) in [6, 6.07) is 0. The standard InChI is InChI=1S/C10H26N4O2S/c1-11-7-5-10-14(4)17(15,16)12-8-6-9-13(2)3/h11-12H,5-10H2,1-4H3. The van der Waals surface area contributed by atoms with E-state index in [1.165, 1.54) is 4.31 Å². The van der Waals surface area contributed by atoms with Gasteiger partial charge >= 0.3 is 0 Å². The maximum atomic E-state index is 11.8. The largest absolute Gasteiger partial charge is 0.320 e. The Balaban J connectivity index is 3.85. The van der Waals surface area contributed by atoms with Crippen molar-refractivity contribution >= 4 is 10.2 Å². The normalized spacial score (nSPS) is 12.6. The molecule has 0 atom stereocenters. The van der Waals surface area contributed by atoms with Crippen molar-refractivity contribution in [2.24, 2.45) is 0 Å². The Morgan fingerprint density at radius 3 is 2.12 bits per heavy atom. The van der Waals surface area contributed by atoms with Crippen LogP contribution in [0.15, 0.2) is 0 Å². The van der Waals surface area contributed by atoms with E-state index < -0.39 is 10.2 Å². The third kappa shape index (κ3) is 8.50. The molecule has 0 bridgehead atoms. The SMILES string of the molecule is CNCCCN(C)S(=O)(=O)NCCCN(C)C. The van der Waals surface area contributed by atoms with Gasteiger partial charge in [0, 0.05) is 20.1 Å². The van der Waals surface area contributed by atoms with E-state index >= 15 is 0 Å². The van der Waals surface area contributed by atoms with Crippen LogP contribution in [0.5, 0.6) is 0 Å². The Morgan fingerprint density at radius 2 is 1.59 bits per heavy atom. The summed E-state index contributed by atoms with van der Waals surface area (Å²) in [5, 5.41) is 2.99. The van der Waals surface area contributed by atoms with Gasteiger partial charge < -0.3 is 10.2 Å². The van der Waals surface area contributed by atoms with Crippen LogP contribution in [0.1, 0.15) is 12.8 Å². The zero-order valence-corrected chi connectivity index (χ0v) is 12.2. The van der Waals surface area contributed by atoms with Crippen LogP contribution in [0.2, 0.25) is 0 Å². The average Bonchev–Trinajstić information content (AvgIpc) is 2.24. The van der Waals surface area contributed by atoms with Gasteiger partial charge in [-0.05, 0) is 47.1 Å². The van der Waals surface area contributed by atoms with E-state index in [9.17, 15) is 8.42 Å². The van der Waals surface area contributed by atoms with Gasteiger partial charge in [0.15, 0.2) is 0 Å². The number of nitrogens with zero attached hydrogens (tertiary/aromatic N) is 2. The minimum atomic E-state index is -3.30. The molecule has 0 rings (SSSR count). The first-order valence-corrected chi connectivity index (χ1v) is 7.34. The second-order valence-electron chi connectivity index (χ2n) is 4.33.